The van der Waals surface area contributed by atoms with Crippen LogP contribution in [-0.2, 0) is 0 Å². The maximum Gasteiger partial charge on any atom is 0.255 e. The van der Waals surface area contributed by atoms with E-state index in [0.717, 1.165) is 6.42 Å². The lowest BCUT2D eigenvalue weighted by molar-refractivity contribution is 0.0941. The van der Waals surface area contributed by atoms with Gasteiger partial charge in [0.2, 0.25) is 0 Å². The quantitative estimate of drug-likeness (QED) is 0.839. The average Bonchev–Trinajstić information content (AvgIpc) is 2.79. The Hall–Kier alpha value is -1.62. The first kappa shape index (κ1) is 11.9. The van der Waals surface area contributed by atoms with E-state index in [1.165, 1.54) is 6.20 Å². The third kappa shape index (κ3) is 2.39. The van der Waals surface area contributed by atoms with Gasteiger partial charge in [-0.15, -0.1) is 11.6 Å². The van der Waals surface area contributed by atoms with Gasteiger partial charge in [0.05, 0.1) is 23.5 Å². The van der Waals surface area contributed by atoms with Crippen LogP contribution in [0.1, 0.15) is 23.7 Å². The topological polar surface area (TPSA) is 59.3 Å². The molecule has 2 heterocycles. The Morgan fingerprint density at radius 3 is 3.12 bits per heavy atom. The zero-order valence-corrected chi connectivity index (χ0v) is 10.2. The molecule has 0 aromatic carbocycles. The number of alkyl halides is 1. The van der Waals surface area contributed by atoms with Crippen LogP contribution in [0, 0.1) is 0 Å². The van der Waals surface area contributed by atoms with E-state index in [-0.39, 0.29) is 11.9 Å². The summed E-state index contributed by atoms with van der Waals surface area (Å²) in [6.07, 6.45) is 7.27. The van der Waals surface area contributed by atoms with Crippen LogP contribution in [0.15, 0.2) is 24.8 Å². The van der Waals surface area contributed by atoms with Crippen molar-refractivity contribution in [1.29, 1.82) is 0 Å². The molecular formula is C11H13ClN4O. The first-order valence-corrected chi connectivity index (χ1v) is 5.94. The second-order valence-electron chi connectivity index (χ2n) is 3.70. The van der Waals surface area contributed by atoms with E-state index in [2.05, 4.69) is 15.4 Å². The molecule has 0 radical (unpaired) electrons. The molecule has 1 unspecified atom stereocenters. The van der Waals surface area contributed by atoms with Crippen molar-refractivity contribution in [2.75, 3.05) is 5.88 Å². The van der Waals surface area contributed by atoms with Gasteiger partial charge in [-0.2, -0.15) is 5.10 Å². The lowest BCUT2D eigenvalue weighted by atomic mass is 10.2. The summed E-state index contributed by atoms with van der Waals surface area (Å²) in [5.41, 5.74) is 1.20. The molecule has 5 nitrogen and oxygen atoms in total. The Bertz CT molecular complexity index is 521. The lowest BCUT2D eigenvalue weighted by Gasteiger charge is -2.12. The highest BCUT2D eigenvalue weighted by atomic mass is 35.5. The van der Waals surface area contributed by atoms with Crippen LogP contribution in [0.3, 0.4) is 0 Å². The van der Waals surface area contributed by atoms with Gasteiger partial charge in [-0.05, 0) is 6.42 Å². The van der Waals surface area contributed by atoms with E-state index in [4.69, 9.17) is 11.6 Å². The first-order chi connectivity index (χ1) is 8.26. The van der Waals surface area contributed by atoms with E-state index in [0.29, 0.717) is 17.0 Å². The molecule has 1 amide bonds. The van der Waals surface area contributed by atoms with E-state index >= 15 is 0 Å². The zero-order valence-electron chi connectivity index (χ0n) is 9.43. The van der Waals surface area contributed by atoms with Crippen LogP contribution in [0.4, 0.5) is 0 Å². The highest BCUT2D eigenvalue weighted by molar-refractivity contribution is 6.18. The van der Waals surface area contributed by atoms with Crippen molar-refractivity contribution < 1.29 is 4.79 Å². The van der Waals surface area contributed by atoms with Crippen LogP contribution in [0.5, 0.6) is 0 Å². The Labute approximate surface area is 104 Å². The Kier molecular flexibility index (Phi) is 3.58. The molecule has 0 aliphatic carbocycles. The van der Waals surface area contributed by atoms with E-state index in [9.17, 15) is 4.79 Å². The van der Waals surface area contributed by atoms with Crippen LogP contribution in [0.25, 0.3) is 5.52 Å². The second kappa shape index (κ2) is 5.14. The third-order valence-electron chi connectivity index (χ3n) is 2.58. The minimum Gasteiger partial charge on any atom is -0.348 e. The number of carbonyl (C=O) groups is 1. The molecule has 0 fully saturated rings. The SMILES string of the molecule is CCC(CCl)NC(=O)c1cnn2ccncc12. The number of carbonyl (C=O) groups excluding carboxylic acids is 1. The fourth-order valence-electron chi connectivity index (χ4n) is 1.52. The number of fused-ring (bicyclic) bond motifs is 1. The molecule has 0 aliphatic rings. The van der Waals surface area contributed by atoms with Gasteiger partial charge >= 0.3 is 0 Å². The molecule has 17 heavy (non-hydrogen) atoms. The van der Waals surface area contributed by atoms with Gasteiger partial charge in [-0.25, -0.2) is 4.52 Å². The Morgan fingerprint density at radius 1 is 1.59 bits per heavy atom. The van der Waals surface area contributed by atoms with Crippen molar-refractivity contribution in [2.45, 2.75) is 19.4 Å². The highest BCUT2D eigenvalue weighted by Gasteiger charge is 2.15. The molecule has 0 saturated heterocycles. The van der Waals surface area contributed by atoms with E-state index in [1.54, 1.807) is 23.1 Å². The van der Waals surface area contributed by atoms with Crippen molar-refractivity contribution in [1.82, 2.24) is 19.9 Å². The standard InChI is InChI=1S/C11H13ClN4O/c1-2-8(5-12)15-11(17)9-6-14-16-4-3-13-7-10(9)16/h3-4,6-8H,2,5H2,1H3,(H,15,17). The summed E-state index contributed by atoms with van der Waals surface area (Å²) >= 11 is 5.74. The van der Waals surface area contributed by atoms with Crippen molar-refractivity contribution in [2.24, 2.45) is 0 Å². The molecular weight excluding hydrogens is 240 g/mol. The van der Waals surface area contributed by atoms with Crippen LogP contribution in [0.2, 0.25) is 0 Å². The molecule has 0 saturated carbocycles. The smallest absolute Gasteiger partial charge is 0.255 e. The first-order valence-electron chi connectivity index (χ1n) is 5.40. The van der Waals surface area contributed by atoms with Crippen molar-refractivity contribution in [3.05, 3.63) is 30.4 Å². The average molecular weight is 253 g/mol. The largest absolute Gasteiger partial charge is 0.348 e. The normalized spacial score (nSPS) is 12.6. The fourth-order valence-corrected chi connectivity index (χ4v) is 1.82. The fraction of sp³-hybridized carbons (Fsp3) is 0.364. The van der Waals surface area contributed by atoms with Gasteiger partial charge in [-0.1, -0.05) is 6.92 Å². The van der Waals surface area contributed by atoms with Crippen LogP contribution in [-0.4, -0.2) is 32.4 Å². The molecule has 0 aliphatic heterocycles. The predicted octanol–water partition coefficient (Wildman–Crippen LogP) is 1.48. The van der Waals surface area contributed by atoms with Gasteiger partial charge in [0.1, 0.15) is 0 Å². The number of aromatic nitrogens is 3. The van der Waals surface area contributed by atoms with Crippen molar-refractivity contribution in [3.8, 4) is 0 Å². The highest BCUT2D eigenvalue weighted by Crippen LogP contribution is 2.09. The lowest BCUT2D eigenvalue weighted by Crippen LogP contribution is -2.35. The summed E-state index contributed by atoms with van der Waals surface area (Å²) in [6.45, 7) is 1.98. The maximum atomic E-state index is 12.0. The molecule has 0 spiro atoms. The summed E-state index contributed by atoms with van der Waals surface area (Å²) in [6, 6.07) is -0.0178. The number of nitrogens with one attached hydrogen (secondary N) is 1. The van der Waals surface area contributed by atoms with E-state index in [1.807, 2.05) is 6.92 Å². The van der Waals surface area contributed by atoms with Gasteiger partial charge in [0.25, 0.3) is 5.91 Å². The molecule has 2 aromatic heterocycles. The third-order valence-corrected chi connectivity index (χ3v) is 2.96. The predicted molar refractivity (Wildman–Crippen MR) is 65.3 cm³/mol. The summed E-state index contributed by atoms with van der Waals surface area (Å²) in [7, 11) is 0. The van der Waals surface area contributed by atoms with Gasteiger partial charge in [0.15, 0.2) is 0 Å². The van der Waals surface area contributed by atoms with Crippen molar-refractivity contribution in [3.63, 3.8) is 0 Å². The summed E-state index contributed by atoms with van der Waals surface area (Å²) in [5.74, 6) is 0.236. The minimum atomic E-state index is -0.166. The Morgan fingerprint density at radius 2 is 2.41 bits per heavy atom. The number of hydrogen-bond donors (Lipinski definition) is 1. The van der Waals surface area contributed by atoms with Crippen LogP contribution >= 0.6 is 11.6 Å². The molecule has 2 aromatic rings. The second-order valence-corrected chi connectivity index (χ2v) is 4.01. The molecule has 1 atom stereocenters. The molecule has 6 heteroatoms. The minimum absolute atomic E-state index is 0.0178. The molecule has 90 valence electrons. The molecule has 2 rings (SSSR count). The maximum absolute atomic E-state index is 12.0. The van der Waals surface area contributed by atoms with Gasteiger partial charge < -0.3 is 5.32 Å². The van der Waals surface area contributed by atoms with Crippen LogP contribution < -0.4 is 5.32 Å². The number of hydrogen-bond acceptors (Lipinski definition) is 3. The van der Waals surface area contributed by atoms with Crippen molar-refractivity contribution >= 4 is 23.0 Å². The Balaban J connectivity index is 2.25. The number of rotatable bonds is 4. The zero-order chi connectivity index (χ0) is 12.3. The molecule has 1 N–H and O–H groups in total. The van der Waals surface area contributed by atoms with E-state index < -0.39 is 0 Å². The van der Waals surface area contributed by atoms with Gasteiger partial charge in [0, 0.05) is 24.3 Å². The summed E-state index contributed by atoms with van der Waals surface area (Å²) in [5, 5.41) is 6.94. The monoisotopic (exact) mass is 252 g/mol. The summed E-state index contributed by atoms with van der Waals surface area (Å²) in [4.78, 5) is 16.0. The number of amides is 1. The number of halogens is 1. The van der Waals surface area contributed by atoms with Gasteiger partial charge in [-0.3, -0.25) is 9.78 Å². The number of nitrogens with zero attached hydrogens (tertiary/aromatic N) is 3. The molecule has 0 bridgehead atoms. The summed E-state index contributed by atoms with van der Waals surface area (Å²) < 4.78 is 1.61.